The van der Waals surface area contributed by atoms with Crippen LogP contribution in [0.2, 0.25) is 5.02 Å². The number of piperazine rings is 1. The Kier molecular flexibility index (Phi) is 9.20. The molecule has 0 aliphatic carbocycles. The molecule has 0 spiro atoms. The molecule has 1 aromatic carbocycles. The molecule has 2 aliphatic rings. The van der Waals surface area contributed by atoms with Gasteiger partial charge in [-0.05, 0) is 30.9 Å². The van der Waals surface area contributed by atoms with Crippen LogP contribution in [0.4, 0.5) is 8.78 Å². The zero-order valence-electron chi connectivity index (χ0n) is 13.3. The van der Waals surface area contributed by atoms with E-state index in [1.165, 1.54) is 12.1 Å². The van der Waals surface area contributed by atoms with Gasteiger partial charge in [0.1, 0.15) is 11.6 Å². The second-order valence-electron chi connectivity index (χ2n) is 5.96. The topological polar surface area (TPSA) is 24.5 Å². The third-order valence-corrected chi connectivity index (χ3v) is 4.82. The first-order chi connectivity index (χ1) is 10.7. The highest BCUT2D eigenvalue weighted by atomic mass is 35.5. The fraction of sp³-hybridized carbons (Fsp3) is 0.625. The van der Waals surface area contributed by atoms with Crippen molar-refractivity contribution in [2.75, 3.05) is 39.4 Å². The van der Waals surface area contributed by atoms with Crippen molar-refractivity contribution in [1.82, 2.24) is 10.2 Å². The maximum atomic E-state index is 14.5. The molecular weight excluding hydrogens is 381 g/mol. The summed E-state index contributed by atoms with van der Waals surface area (Å²) in [4.78, 5) is 2.20. The van der Waals surface area contributed by atoms with E-state index in [0.29, 0.717) is 13.2 Å². The largest absolute Gasteiger partial charge is 0.381 e. The zero-order chi connectivity index (χ0) is 15.5. The minimum absolute atomic E-state index is 0. The Morgan fingerprint density at radius 2 is 1.62 bits per heavy atom. The molecule has 2 heterocycles. The van der Waals surface area contributed by atoms with Crippen molar-refractivity contribution in [3.63, 3.8) is 0 Å². The standard InChI is InChI=1S/C16H21ClF2N2O.2ClH/c17-12-9-13(18)15(14(19)10-12)16(11-1-7-22-8-2-11)21-5-3-20-4-6-21;;/h9-11,16,20H,1-8H2;2*1H/t16-;;/m1../s1. The maximum absolute atomic E-state index is 14.5. The number of ether oxygens (including phenoxy) is 1. The van der Waals surface area contributed by atoms with E-state index >= 15 is 0 Å². The van der Waals surface area contributed by atoms with Gasteiger partial charge in [-0.15, -0.1) is 24.8 Å². The summed E-state index contributed by atoms with van der Waals surface area (Å²) in [6, 6.07) is 2.19. The third kappa shape index (κ3) is 4.93. The van der Waals surface area contributed by atoms with E-state index in [-0.39, 0.29) is 47.4 Å². The maximum Gasteiger partial charge on any atom is 0.132 e. The normalized spacial score (nSPS) is 20.8. The molecule has 0 radical (unpaired) electrons. The van der Waals surface area contributed by atoms with E-state index in [4.69, 9.17) is 16.3 Å². The number of halogens is 5. The molecule has 0 saturated carbocycles. The van der Waals surface area contributed by atoms with Crippen LogP contribution in [0.1, 0.15) is 24.4 Å². The highest BCUT2D eigenvalue weighted by Crippen LogP contribution is 2.38. The lowest BCUT2D eigenvalue weighted by Gasteiger charge is -2.41. The predicted molar refractivity (Wildman–Crippen MR) is 96.6 cm³/mol. The van der Waals surface area contributed by atoms with Gasteiger partial charge in [-0.1, -0.05) is 11.6 Å². The van der Waals surface area contributed by atoms with Crippen LogP contribution in [0.15, 0.2) is 12.1 Å². The average Bonchev–Trinajstić information content (AvgIpc) is 2.52. The number of nitrogens with zero attached hydrogens (tertiary/aromatic N) is 1. The van der Waals surface area contributed by atoms with Gasteiger partial charge >= 0.3 is 0 Å². The molecular formula is C16H23Cl3F2N2O. The van der Waals surface area contributed by atoms with Crippen LogP contribution in [-0.2, 0) is 4.74 Å². The first-order valence-corrected chi connectivity index (χ1v) is 8.21. The Labute approximate surface area is 158 Å². The summed E-state index contributed by atoms with van der Waals surface area (Å²) in [5, 5.41) is 3.39. The Morgan fingerprint density at radius 1 is 1.08 bits per heavy atom. The van der Waals surface area contributed by atoms with E-state index in [1.807, 2.05) is 0 Å². The van der Waals surface area contributed by atoms with Gasteiger partial charge in [0.15, 0.2) is 0 Å². The first kappa shape index (κ1) is 21.9. The molecule has 0 bridgehead atoms. The van der Waals surface area contributed by atoms with Crippen molar-refractivity contribution >= 4 is 36.4 Å². The Morgan fingerprint density at radius 3 is 2.17 bits per heavy atom. The second-order valence-corrected chi connectivity index (χ2v) is 6.40. The van der Waals surface area contributed by atoms with Crippen LogP contribution in [0.5, 0.6) is 0 Å². The number of hydrogen-bond acceptors (Lipinski definition) is 3. The summed E-state index contributed by atoms with van der Waals surface area (Å²) in [5.74, 6) is -0.878. The molecule has 2 saturated heterocycles. The summed E-state index contributed by atoms with van der Waals surface area (Å²) < 4.78 is 34.4. The second kappa shape index (κ2) is 10.1. The molecule has 3 rings (SSSR count). The summed E-state index contributed by atoms with van der Waals surface area (Å²) in [5.41, 5.74) is 0.165. The van der Waals surface area contributed by atoms with Crippen LogP contribution in [-0.4, -0.2) is 44.3 Å². The van der Waals surface area contributed by atoms with E-state index < -0.39 is 11.6 Å². The van der Waals surface area contributed by atoms with Crippen molar-refractivity contribution < 1.29 is 13.5 Å². The van der Waals surface area contributed by atoms with Gasteiger partial charge < -0.3 is 10.1 Å². The fourth-order valence-corrected chi connectivity index (χ4v) is 3.74. The number of benzene rings is 1. The summed E-state index contributed by atoms with van der Waals surface area (Å²) in [6.45, 7) is 4.59. The van der Waals surface area contributed by atoms with E-state index in [0.717, 1.165) is 39.0 Å². The van der Waals surface area contributed by atoms with E-state index in [1.54, 1.807) is 0 Å². The van der Waals surface area contributed by atoms with Crippen molar-refractivity contribution in [3.05, 3.63) is 34.4 Å². The van der Waals surface area contributed by atoms with Gasteiger partial charge in [-0.2, -0.15) is 0 Å². The minimum atomic E-state index is -0.542. The Bertz CT molecular complexity index is 483. The van der Waals surface area contributed by atoms with Gasteiger partial charge in [0, 0.05) is 56.0 Å². The fourth-order valence-electron chi connectivity index (χ4n) is 3.54. The zero-order valence-corrected chi connectivity index (χ0v) is 15.7. The molecule has 8 heteroatoms. The first-order valence-electron chi connectivity index (χ1n) is 7.84. The average molecular weight is 404 g/mol. The van der Waals surface area contributed by atoms with Gasteiger partial charge in [0.25, 0.3) is 0 Å². The van der Waals surface area contributed by atoms with Gasteiger partial charge in [0.2, 0.25) is 0 Å². The summed E-state index contributed by atoms with van der Waals surface area (Å²) >= 11 is 5.77. The van der Waals surface area contributed by atoms with Gasteiger partial charge in [0.05, 0.1) is 0 Å². The summed E-state index contributed by atoms with van der Waals surface area (Å²) in [6.07, 6.45) is 1.66. The molecule has 138 valence electrons. The molecule has 0 aromatic heterocycles. The molecule has 2 aliphatic heterocycles. The SMILES string of the molecule is Cl.Cl.Fc1cc(Cl)cc(F)c1[C@@H](C1CCOCC1)N1CCNCC1. The molecule has 1 atom stereocenters. The minimum Gasteiger partial charge on any atom is -0.381 e. The highest BCUT2D eigenvalue weighted by molar-refractivity contribution is 6.30. The quantitative estimate of drug-likeness (QED) is 0.830. The molecule has 2 fully saturated rings. The predicted octanol–water partition coefficient (Wildman–Crippen LogP) is 3.83. The van der Waals surface area contributed by atoms with Gasteiger partial charge in [-0.25, -0.2) is 8.78 Å². The third-order valence-electron chi connectivity index (χ3n) is 4.60. The monoisotopic (exact) mass is 402 g/mol. The van der Waals surface area contributed by atoms with Crippen LogP contribution < -0.4 is 5.32 Å². The van der Waals surface area contributed by atoms with Crippen LogP contribution in [0.25, 0.3) is 0 Å². The molecule has 1 N–H and O–H groups in total. The van der Waals surface area contributed by atoms with Gasteiger partial charge in [-0.3, -0.25) is 4.90 Å². The van der Waals surface area contributed by atoms with Crippen molar-refractivity contribution in [2.45, 2.75) is 18.9 Å². The molecule has 0 unspecified atom stereocenters. The lowest BCUT2D eigenvalue weighted by Crippen LogP contribution is -2.48. The van der Waals surface area contributed by atoms with Crippen LogP contribution in [0, 0.1) is 17.6 Å². The van der Waals surface area contributed by atoms with Crippen LogP contribution in [0.3, 0.4) is 0 Å². The lowest BCUT2D eigenvalue weighted by atomic mass is 9.85. The summed E-state index contributed by atoms with van der Waals surface area (Å²) in [7, 11) is 0. The van der Waals surface area contributed by atoms with Crippen molar-refractivity contribution in [3.8, 4) is 0 Å². The lowest BCUT2D eigenvalue weighted by molar-refractivity contribution is 0.0192. The molecule has 3 nitrogen and oxygen atoms in total. The van der Waals surface area contributed by atoms with E-state index in [9.17, 15) is 8.78 Å². The number of rotatable bonds is 3. The Balaban J connectivity index is 0.00000144. The Hall–Kier alpha value is -0.170. The number of nitrogens with one attached hydrogen (secondary N) is 1. The highest BCUT2D eigenvalue weighted by Gasteiger charge is 2.35. The van der Waals surface area contributed by atoms with Crippen molar-refractivity contribution in [1.29, 1.82) is 0 Å². The molecule has 24 heavy (non-hydrogen) atoms. The molecule has 1 aromatic rings. The van der Waals surface area contributed by atoms with Crippen LogP contribution >= 0.6 is 36.4 Å². The molecule has 0 amide bonds. The van der Waals surface area contributed by atoms with Crippen molar-refractivity contribution in [2.24, 2.45) is 5.92 Å². The smallest absolute Gasteiger partial charge is 0.132 e. The van der Waals surface area contributed by atoms with E-state index in [2.05, 4.69) is 10.2 Å². The number of hydrogen-bond donors (Lipinski definition) is 1.